The molecule has 4 amide bonds. The molecule has 0 saturated carbocycles. The molecule has 240 valence electrons. The molecule has 2 aromatic heterocycles. The minimum atomic E-state index is -0.483. The smallest absolute Gasteiger partial charge is 0.319 e. The van der Waals surface area contributed by atoms with E-state index in [2.05, 4.69) is 9.97 Å². The molecule has 5 N–H and O–H groups in total. The van der Waals surface area contributed by atoms with Gasteiger partial charge in [0.25, 0.3) is 11.8 Å². The number of phenols is 1. The summed E-state index contributed by atoms with van der Waals surface area (Å²) >= 11 is 6.41. The number of fused-ring (bicyclic) bond motifs is 9. The second-order valence-electron chi connectivity index (χ2n) is 12.8. The van der Waals surface area contributed by atoms with E-state index < -0.39 is 6.03 Å². The predicted molar refractivity (Wildman–Crippen MR) is 188 cm³/mol. The average Bonchev–Trinajstić information content (AvgIpc) is 3.90. The Balaban J connectivity index is 1.04. The number of amides is 4. The summed E-state index contributed by atoms with van der Waals surface area (Å²) in [4.78, 5) is 51.6. The Hall–Kier alpha value is -5.48. The van der Waals surface area contributed by atoms with Gasteiger partial charge in [0.1, 0.15) is 17.1 Å². The van der Waals surface area contributed by atoms with Crippen LogP contribution in [0.5, 0.6) is 5.75 Å². The first-order chi connectivity index (χ1) is 23.3. The highest BCUT2D eigenvalue weighted by Crippen LogP contribution is 2.45. The molecule has 0 bridgehead atoms. The number of phenolic OH excluding ortho intramolecular Hbond substituents is 1. The number of benzene rings is 4. The van der Waals surface area contributed by atoms with Gasteiger partial charge < -0.3 is 30.6 Å². The number of alkyl halides is 1. The summed E-state index contributed by atoms with van der Waals surface area (Å²) in [6.45, 7) is 1.51. The molecule has 0 aliphatic carbocycles. The lowest BCUT2D eigenvalue weighted by Crippen LogP contribution is -2.37. The highest BCUT2D eigenvalue weighted by molar-refractivity contribution is 6.19. The third-order valence-corrected chi connectivity index (χ3v) is 10.8. The molecule has 9 rings (SSSR count). The van der Waals surface area contributed by atoms with Crippen LogP contribution in [-0.4, -0.2) is 58.4 Å². The first kappa shape index (κ1) is 28.7. The molecular weight excluding hydrogens is 628 g/mol. The van der Waals surface area contributed by atoms with Gasteiger partial charge in [-0.3, -0.25) is 14.5 Å². The largest absolute Gasteiger partial charge is 0.507 e. The van der Waals surface area contributed by atoms with Crippen LogP contribution < -0.4 is 20.4 Å². The van der Waals surface area contributed by atoms with Gasteiger partial charge >= 0.3 is 6.03 Å². The van der Waals surface area contributed by atoms with Crippen LogP contribution in [0.15, 0.2) is 66.7 Å². The van der Waals surface area contributed by atoms with Crippen molar-refractivity contribution in [3.63, 3.8) is 0 Å². The number of aromatic hydroxyl groups is 1. The molecule has 6 aromatic rings. The van der Waals surface area contributed by atoms with Gasteiger partial charge in [0.15, 0.2) is 0 Å². The number of H-pyrrole nitrogens is 2. The fraction of sp³-hybridized carbons (Fsp3) is 0.216. The van der Waals surface area contributed by atoms with Gasteiger partial charge in [0.05, 0.1) is 5.69 Å². The number of hydrogen-bond acceptors (Lipinski definition) is 4. The molecule has 10 nitrogen and oxygen atoms in total. The molecular formula is C37H31ClN6O4. The molecule has 0 radical (unpaired) electrons. The highest BCUT2D eigenvalue weighted by atomic mass is 35.5. The molecule has 1 unspecified atom stereocenters. The van der Waals surface area contributed by atoms with Crippen molar-refractivity contribution in [1.29, 1.82) is 0 Å². The minimum absolute atomic E-state index is 0.0636. The van der Waals surface area contributed by atoms with Crippen LogP contribution in [0.3, 0.4) is 0 Å². The zero-order valence-electron chi connectivity index (χ0n) is 25.8. The molecule has 0 saturated heterocycles. The number of hydrogen-bond donors (Lipinski definition) is 4. The monoisotopic (exact) mass is 658 g/mol. The molecule has 0 fully saturated rings. The van der Waals surface area contributed by atoms with Gasteiger partial charge in [-0.05, 0) is 77.7 Å². The standard InChI is InChI=1S/C37H31ClN6O4/c38-18-19-9-12-43(32-17-33(45)22-3-1-2-4-23(22)34(19)32)36(47)29-15-24-20-10-13-42(30(20)7-5-26(24)41-29)35(46)28-16-25-21-11-14-44(37(39)48)31(21)8-6-27(25)40-28/h1-8,15-17,19,40-41,45H,9-14,18H2,(H2,39,48). The maximum atomic E-state index is 14.1. The maximum Gasteiger partial charge on any atom is 0.319 e. The SMILES string of the molecule is NC(=O)N1CCc2c1ccc1[nH]c(C(=O)N3CCc4c3ccc3[nH]c(C(=O)N5CCC(CCl)c6c5cc(O)c5ccccc65)cc43)cc21. The Morgan fingerprint density at radius 2 is 1.29 bits per heavy atom. The van der Waals surface area contributed by atoms with E-state index in [9.17, 15) is 19.5 Å². The highest BCUT2D eigenvalue weighted by Gasteiger charge is 2.34. The van der Waals surface area contributed by atoms with Crippen molar-refractivity contribution in [3.8, 4) is 5.75 Å². The van der Waals surface area contributed by atoms with Crippen LogP contribution >= 0.6 is 11.6 Å². The van der Waals surface area contributed by atoms with Gasteiger partial charge in [-0.2, -0.15) is 0 Å². The molecule has 3 aliphatic rings. The number of carbonyl (C=O) groups excluding carboxylic acids is 3. The third-order valence-electron chi connectivity index (χ3n) is 10.4. The summed E-state index contributed by atoms with van der Waals surface area (Å²) < 4.78 is 0. The lowest BCUT2D eigenvalue weighted by atomic mass is 9.86. The van der Waals surface area contributed by atoms with Crippen LogP contribution in [0.2, 0.25) is 0 Å². The summed E-state index contributed by atoms with van der Waals surface area (Å²) in [5.41, 5.74) is 13.4. The van der Waals surface area contributed by atoms with Crippen molar-refractivity contribution < 1.29 is 19.5 Å². The molecule has 11 heteroatoms. The molecule has 5 heterocycles. The zero-order valence-corrected chi connectivity index (χ0v) is 26.6. The van der Waals surface area contributed by atoms with E-state index in [0.29, 0.717) is 61.9 Å². The van der Waals surface area contributed by atoms with E-state index in [1.165, 1.54) is 0 Å². The van der Waals surface area contributed by atoms with Crippen LogP contribution in [0, 0.1) is 0 Å². The number of urea groups is 1. The Bertz CT molecular complexity index is 2380. The number of nitrogens with two attached hydrogens (primary N) is 1. The van der Waals surface area contributed by atoms with Crippen LogP contribution in [-0.2, 0) is 12.8 Å². The van der Waals surface area contributed by atoms with E-state index in [4.69, 9.17) is 17.3 Å². The predicted octanol–water partition coefficient (Wildman–Crippen LogP) is 6.53. The number of aromatic nitrogens is 2. The molecule has 1 atom stereocenters. The molecule has 48 heavy (non-hydrogen) atoms. The van der Waals surface area contributed by atoms with Gasteiger partial charge in [-0.15, -0.1) is 11.6 Å². The molecule has 4 aromatic carbocycles. The van der Waals surface area contributed by atoms with Crippen molar-refractivity contribution >= 4 is 79.1 Å². The number of halogens is 1. The van der Waals surface area contributed by atoms with Gasteiger partial charge in [0.2, 0.25) is 0 Å². The summed E-state index contributed by atoms with van der Waals surface area (Å²) in [6, 6.07) is 20.2. The number of aromatic amines is 2. The zero-order chi connectivity index (χ0) is 32.8. The second kappa shape index (κ2) is 10.5. The Labute approximate surface area is 279 Å². The van der Waals surface area contributed by atoms with Crippen LogP contribution in [0.1, 0.15) is 50.0 Å². The van der Waals surface area contributed by atoms with E-state index in [-0.39, 0.29) is 23.5 Å². The van der Waals surface area contributed by atoms with Crippen LogP contribution in [0.4, 0.5) is 21.9 Å². The van der Waals surface area contributed by atoms with E-state index >= 15 is 0 Å². The Morgan fingerprint density at radius 1 is 0.729 bits per heavy atom. The fourth-order valence-corrected chi connectivity index (χ4v) is 8.43. The van der Waals surface area contributed by atoms with Crippen molar-refractivity contribution in [2.24, 2.45) is 5.73 Å². The number of nitrogens with zero attached hydrogens (tertiary/aromatic N) is 3. The number of carbonyl (C=O) groups is 3. The first-order valence-electron chi connectivity index (χ1n) is 16.1. The number of primary amides is 1. The molecule has 0 spiro atoms. The second-order valence-corrected chi connectivity index (χ2v) is 13.1. The number of rotatable bonds is 3. The quantitative estimate of drug-likeness (QED) is 0.161. The van der Waals surface area contributed by atoms with Crippen LogP contribution in [0.25, 0.3) is 32.6 Å². The van der Waals surface area contributed by atoms with Crippen molar-refractivity contribution in [1.82, 2.24) is 9.97 Å². The van der Waals surface area contributed by atoms with Gasteiger partial charge in [-0.1, -0.05) is 24.3 Å². The summed E-state index contributed by atoms with van der Waals surface area (Å²) in [7, 11) is 0. The summed E-state index contributed by atoms with van der Waals surface area (Å²) in [6.07, 6.45) is 2.04. The normalized spacial score (nSPS) is 16.9. The topological polar surface area (TPSA) is 139 Å². The number of anilines is 3. The van der Waals surface area contributed by atoms with Crippen molar-refractivity contribution in [2.45, 2.75) is 25.2 Å². The Kier molecular flexibility index (Phi) is 6.29. The van der Waals surface area contributed by atoms with Gasteiger partial charge in [0, 0.05) is 76.1 Å². The number of nitrogens with one attached hydrogen (secondary N) is 2. The lowest BCUT2D eigenvalue weighted by molar-refractivity contribution is 0.0975. The first-order valence-corrected chi connectivity index (χ1v) is 16.7. The van der Waals surface area contributed by atoms with E-state index in [1.54, 1.807) is 20.8 Å². The van der Waals surface area contributed by atoms with Gasteiger partial charge in [-0.25, -0.2) is 4.79 Å². The van der Waals surface area contributed by atoms with E-state index in [0.717, 1.165) is 60.6 Å². The van der Waals surface area contributed by atoms with Crippen molar-refractivity contribution in [3.05, 3.63) is 94.8 Å². The molecule has 3 aliphatic heterocycles. The minimum Gasteiger partial charge on any atom is -0.507 e. The maximum absolute atomic E-state index is 14.1. The summed E-state index contributed by atoms with van der Waals surface area (Å²) in [5.74, 6) is 0.291. The third kappa shape index (κ3) is 4.08. The lowest BCUT2D eigenvalue weighted by Gasteiger charge is -2.34. The fourth-order valence-electron chi connectivity index (χ4n) is 8.12. The Morgan fingerprint density at radius 3 is 1.90 bits per heavy atom. The average molecular weight is 659 g/mol. The summed E-state index contributed by atoms with van der Waals surface area (Å²) in [5, 5.41) is 14.4. The van der Waals surface area contributed by atoms with Crippen molar-refractivity contribution in [2.75, 3.05) is 40.2 Å². The van der Waals surface area contributed by atoms with E-state index in [1.807, 2.05) is 60.7 Å².